The molecular formula is C50H69N5O10. The zero-order valence-electron chi connectivity index (χ0n) is 38.3. The highest BCUT2D eigenvalue weighted by Crippen LogP contribution is 2.33. The number of carbonyl (C=O) groups excluding carboxylic acids is 3. The number of aliphatic hydroxyl groups is 3. The van der Waals surface area contributed by atoms with Crippen LogP contribution in [0.2, 0.25) is 0 Å². The highest BCUT2D eigenvalue weighted by Gasteiger charge is 2.29. The van der Waals surface area contributed by atoms with Crippen LogP contribution in [0.25, 0.3) is 5.70 Å². The first-order valence-corrected chi connectivity index (χ1v) is 22.6. The van der Waals surface area contributed by atoms with Gasteiger partial charge in [0, 0.05) is 48.5 Å². The second-order valence-corrected chi connectivity index (χ2v) is 15.7. The lowest BCUT2D eigenvalue weighted by atomic mass is 9.87. The van der Waals surface area contributed by atoms with Crippen LogP contribution in [0.5, 0.6) is 0 Å². The summed E-state index contributed by atoms with van der Waals surface area (Å²) in [5.41, 5.74) is 5.56. The Kier molecular flexibility index (Phi) is 23.0. The molecule has 1 aliphatic carbocycles. The number of hydrogen-bond donors (Lipinski definition) is 6. The summed E-state index contributed by atoms with van der Waals surface area (Å²) in [6, 6.07) is 21.6. The molecule has 0 fully saturated rings. The van der Waals surface area contributed by atoms with Gasteiger partial charge in [0.1, 0.15) is 5.54 Å². The summed E-state index contributed by atoms with van der Waals surface area (Å²) in [6.45, 7) is 12.6. The Morgan fingerprint density at radius 3 is 2.15 bits per heavy atom. The molecule has 0 radical (unpaired) electrons. The largest absolute Gasteiger partial charge is 0.394 e. The Morgan fingerprint density at radius 1 is 0.846 bits per heavy atom. The monoisotopic (exact) mass is 900 g/mol. The maximum atomic E-state index is 13.8. The van der Waals surface area contributed by atoms with Crippen LogP contribution >= 0.6 is 0 Å². The summed E-state index contributed by atoms with van der Waals surface area (Å²) >= 11 is 0. The van der Waals surface area contributed by atoms with E-state index in [9.17, 15) is 29.7 Å². The Labute approximate surface area is 383 Å². The molecule has 15 heteroatoms. The van der Waals surface area contributed by atoms with Crippen LogP contribution in [0.3, 0.4) is 0 Å². The van der Waals surface area contributed by atoms with Gasteiger partial charge in [0.05, 0.1) is 83.5 Å². The number of benzene rings is 3. The summed E-state index contributed by atoms with van der Waals surface area (Å²) < 4.78 is 22.2. The molecule has 3 amide bonds. The number of amides is 3. The zero-order valence-corrected chi connectivity index (χ0v) is 38.3. The molecule has 3 aromatic rings. The van der Waals surface area contributed by atoms with Crippen molar-refractivity contribution in [3.8, 4) is 0 Å². The molecule has 0 heterocycles. The van der Waals surface area contributed by atoms with Crippen molar-refractivity contribution in [1.82, 2.24) is 10.6 Å². The smallest absolute Gasteiger partial charge is 0.255 e. The van der Waals surface area contributed by atoms with Crippen LogP contribution in [0.15, 0.2) is 89.4 Å². The van der Waals surface area contributed by atoms with Crippen LogP contribution in [0.1, 0.15) is 85.1 Å². The van der Waals surface area contributed by atoms with E-state index in [-0.39, 0.29) is 37.5 Å². The number of fused-ring (bicyclic) bond motifs is 1. The number of allylic oxidation sites excluding steroid dienone is 1. The van der Waals surface area contributed by atoms with E-state index < -0.39 is 31.3 Å². The lowest BCUT2D eigenvalue weighted by Crippen LogP contribution is -2.57. The molecule has 0 bridgehead atoms. The van der Waals surface area contributed by atoms with Gasteiger partial charge in [-0.1, -0.05) is 42.5 Å². The molecule has 0 aliphatic heterocycles. The first-order valence-electron chi connectivity index (χ1n) is 22.6. The molecule has 0 spiro atoms. The summed E-state index contributed by atoms with van der Waals surface area (Å²) in [5.74, 6) is -0.923. The van der Waals surface area contributed by atoms with Gasteiger partial charge in [-0.3, -0.25) is 19.4 Å². The predicted molar refractivity (Wildman–Crippen MR) is 254 cm³/mol. The minimum Gasteiger partial charge on any atom is -0.394 e. The third kappa shape index (κ3) is 16.6. The number of aliphatic hydroxyl groups excluding tert-OH is 3. The molecule has 0 saturated carbocycles. The number of aliphatic imine (C=N–C) groups is 1. The average molecular weight is 900 g/mol. The normalized spacial score (nSPS) is 14.1. The van der Waals surface area contributed by atoms with E-state index in [0.717, 1.165) is 62.0 Å². The van der Waals surface area contributed by atoms with Crippen molar-refractivity contribution in [3.63, 3.8) is 0 Å². The molecule has 4 rings (SSSR count). The summed E-state index contributed by atoms with van der Waals surface area (Å²) in [4.78, 5) is 46.1. The SMILES string of the molecule is C=N/C(=C\C(=C/C)C(=O)N[C@H]1CCCc2ccccc21)c1cc(N(CC)CC)ccc1NC(=O)c1cccc(CCCOCCOCCOCCOCCC(=O)NC(CO)(CO)CO)c1. The molecule has 1 aliphatic rings. The summed E-state index contributed by atoms with van der Waals surface area (Å²) in [6.07, 6.45) is 7.86. The number of nitrogens with zero attached hydrogens (tertiary/aromatic N) is 2. The van der Waals surface area contributed by atoms with Crippen LogP contribution in [0, 0.1) is 0 Å². The number of rotatable bonds is 30. The van der Waals surface area contributed by atoms with Crippen molar-refractivity contribution >= 4 is 41.5 Å². The highest BCUT2D eigenvalue weighted by atomic mass is 16.6. The number of aryl methyl sites for hydroxylation is 2. The van der Waals surface area contributed by atoms with Crippen molar-refractivity contribution < 1.29 is 48.7 Å². The van der Waals surface area contributed by atoms with Gasteiger partial charge < -0.3 is 55.1 Å². The minimum atomic E-state index is -1.45. The molecule has 354 valence electrons. The van der Waals surface area contributed by atoms with Crippen LogP contribution in [-0.4, -0.2) is 131 Å². The lowest BCUT2D eigenvalue weighted by molar-refractivity contribution is -0.126. The molecule has 3 aromatic carbocycles. The number of carbonyl (C=O) groups is 3. The Balaban J connectivity index is 1.23. The molecule has 6 N–H and O–H groups in total. The molecule has 0 unspecified atom stereocenters. The van der Waals surface area contributed by atoms with Crippen molar-refractivity contribution in [2.75, 3.05) is 96.0 Å². The van der Waals surface area contributed by atoms with Gasteiger partial charge in [0.15, 0.2) is 0 Å². The molecule has 0 saturated heterocycles. The average Bonchev–Trinajstić information content (AvgIpc) is 3.33. The number of anilines is 2. The van der Waals surface area contributed by atoms with E-state index >= 15 is 0 Å². The molecule has 15 nitrogen and oxygen atoms in total. The Morgan fingerprint density at radius 2 is 1.51 bits per heavy atom. The first-order chi connectivity index (χ1) is 31.6. The lowest BCUT2D eigenvalue weighted by Gasteiger charge is -2.28. The van der Waals surface area contributed by atoms with Crippen LogP contribution < -0.4 is 20.9 Å². The number of hydrogen-bond acceptors (Lipinski definition) is 12. The van der Waals surface area contributed by atoms with Crippen molar-refractivity contribution in [1.29, 1.82) is 0 Å². The quantitative estimate of drug-likeness (QED) is 0.0223. The van der Waals surface area contributed by atoms with Crippen molar-refractivity contribution in [2.45, 2.75) is 70.9 Å². The van der Waals surface area contributed by atoms with Crippen LogP contribution in [-0.2, 0) is 41.4 Å². The van der Waals surface area contributed by atoms with Crippen LogP contribution in [0.4, 0.5) is 11.4 Å². The number of ether oxygens (including phenoxy) is 4. The summed E-state index contributed by atoms with van der Waals surface area (Å²) in [5, 5.41) is 36.7. The van der Waals surface area contributed by atoms with E-state index in [1.54, 1.807) is 18.2 Å². The Bertz CT molecular complexity index is 2020. The second-order valence-electron chi connectivity index (χ2n) is 15.7. The third-order valence-corrected chi connectivity index (χ3v) is 11.2. The third-order valence-electron chi connectivity index (χ3n) is 11.2. The molecule has 0 aromatic heterocycles. The van der Waals surface area contributed by atoms with E-state index in [1.807, 2.05) is 55.5 Å². The van der Waals surface area contributed by atoms with Gasteiger partial charge in [-0.05, 0) is 113 Å². The van der Waals surface area contributed by atoms with E-state index in [2.05, 4.69) is 58.5 Å². The Hall–Kier alpha value is -5.26. The fourth-order valence-electron chi connectivity index (χ4n) is 7.41. The first kappa shape index (κ1) is 52.4. The van der Waals surface area contributed by atoms with Gasteiger partial charge in [0.2, 0.25) is 5.91 Å². The van der Waals surface area contributed by atoms with E-state index in [4.69, 9.17) is 18.9 Å². The highest BCUT2D eigenvalue weighted by molar-refractivity contribution is 6.06. The van der Waals surface area contributed by atoms with Gasteiger partial charge in [0.25, 0.3) is 11.8 Å². The fourth-order valence-corrected chi connectivity index (χ4v) is 7.41. The second kappa shape index (κ2) is 28.6. The van der Waals surface area contributed by atoms with Gasteiger partial charge in [-0.2, -0.15) is 0 Å². The zero-order chi connectivity index (χ0) is 46.9. The molecule has 1 atom stereocenters. The molecular weight excluding hydrogens is 831 g/mol. The topological polar surface area (TPSA) is 201 Å². The maximum Gasteiger partial charge on any atom is 0.255 e. The van der Waals surface area contributed by atoms with Crippen molar-refractivity contribution in [2.24, 2.45) is 4.99 Å². The maximum absolute atomic E-state index is 13.8. The summed E-state index contributed by atoms with van der Waals surface area (Å²) in [7, 11) is 0. The van der Waals surface area contributed by atoms with Gasteiger partial charge in [-0.15, -0.1) is 0 Å². The molecule has 65 heavy (non-hydrogen) atoms. The van der Waals surface area contributed by atoms with Crippen molar-refractivity contribution in [3.05, 3.63) is 112 Å². The van der Waals surface area contributed by atoms with E-state index in [1.165, 1.54) is 5.56 Å². The van der Waals surface area contributed by atoms with E-state index in [0.29, 0.717) is 67.7 Å². The standard InChI is InChI=1S/C50H69N5O10/c1-5-38(48(60)52-44-19-11-16-39-15-8-9-18-42(39)44)32-46(51-4)43-33-41(55(6-2)7-3)20-21-45(43)53-49(61)40-17-10-13-37(31-40)14-12-23-62-25-27-64-29-30-65-28-26-63-24-22-47(59)54-50(34-56,35-57)36-58/h5,8-10,13,15,17-18,20-21,31-33,44,56-58H,4,6-7,11-12,14,16,19,22-30,34-36H2,1-3H3,(H,52,60)(H,53,61)(H,54,59)/b38-5+,46-32-/t44-/m0/s1. The fraction of sp³-hybridized carbons (Fsp3) is 0.480. The van der Waals surface area contributed by atoms with Gasteiger partial charge >= 0.3 is 0 Å². The number of nitrogens with one attached hydrogen (secondary N) is 3. The minimum absolute atomic E-state index is 0.0107. The predicted octanol–water partition coefficient (Wildman–Crippen LogP) is 5.19. The van der Waals surface area contributed by atoms with Gasteiger partial charge in [-0.25, -0.2) is 0 Å².